The van der Waals surface area contributed by atoms with Gasteiger partial charge in [-0.3, -0.25) is 0 Å². The molecule has 4 nitrogen and oxygen atoms in total. The molecule has 0 aliphatic heterocycles. The van der Waals surface area contributed by atoms with Gasteiger partial charge in [0.2, 0.25) is 0 Å². The summed E-state index contributed by atoms with van der Waals surface area (Å²) in [6, 6.07) is 0. The van der Waals surface area contributed by atoms with Crippen LogP contribution in [0.1, 0.15) is 64.7 Å². The fourth-order valence-electron chi connectivity index (χ4n) is 2.81. The lowest BCUT2D eigenvalue weighted by Gasteiger charge is -2.33. The number of hydrogen-bond acceptors (Lipinski definition) is 3. The molecule has 0 atom stereocenters. The van der Waals surface area contributed by atoms with E-state index in [0.29, 0.717) is 13.1 Å². The molecule has 0 aliphatic carbocycles. The lowest BCUT2D eigenvalue weighted by Crippen LogP contribution is -3.00. The van der Waals surface area contributed by atoms with Gasteiger partial charge in [0.05, 0.1) is 33.4 Å². The Labute approximate surface area is 150 Å². The van der Waals surface area contributed by atoms with Crippen LogP contribution in [0, 0.1) is 0 Å². The highest BCUT2D eigenvalue weighted by molar-refractivity contribution is 4.46. The van der Waals surface area contributed by atoms with Crippen molar-refractivity contribution in [2.75, 3.05) is 53.1 Å². The molecule has 0 aromatic rings. The molecule has 0 saturated carbocycles. The van der Waals surface area contributed by atoms with Crippen molar-refractivity contribution < 1.29 is 31.8 Å². The number of aliphatic hydroxyl groups is 2. The van der Waals surface area contributed by atoms with Gasteiger partial charge in [-0.2, -0.15) is 0 Å². The molecule has 0 unspecified atom stereocenters. The standard InChI is InChI=1S/C18H40NO3.ClH/c1-3-4-5-6-7-8-9-10-17-22-18-11-12-19(2,13-15-20)14-16-21;/h20-21H,3-18H2,1-2H3;1H/q+1;/p-1. The lowest BCUT2D eigenvalue weighted by molar-refractivity contribution is -0.910. The Bertz CT molecular complexity index is 224. The van der Waals surface area contributed by atoms with Gasteiger partial charge in [-0.05, 0) is 6.42 Å². The zero-order valence-corrected chi connectivity index (χ0v) is 16.2. The first-order valence-corrected chi connectivity index (χ1v) is 9.31. The molecule has 0 fully saturated rings. The van der Waals surface area contributed by atoms with Crippen LogP contribution in [0.2, 0.25) is 0 Å². The SMILES string of the molecule is CCCCCCCCCCOCCC[N+](C)(CCO)CCO.[Cl-]. The van der Waals surface area contributed by atoms with Crippen molar-refractivity contribution in [3.63, 3.8) is 0 Å². The average molecular weight is 354 g/mol. The molecule has 0 aliphatic rings. The predicted octanol–water partition coefficient (Wildman–Crippen LogP) is -0.0310. The number of halogens is 1. The number of quaternary nitrogens is 1. The second-order valence-electron chi connectivity index (χ2n) is 6.68. The molecule has 2 N–H and O–H groups in total. The van der Waals surface area contributed by atoms with Crippen molar-refractivity contribution in [1.82, 2.24) is 0 Å². The highest BCUT2D eigenvalue weighted by Crippen LogP contribution is 2.08. The molecule has 23 heavy (non-hydrogen) atoms. The van der Waals surface area contributed by atoms with E-state index in [9.17, 15) is 0 Å². The topological polar surface area (TPSA) is 49.7 Å². The highest BCUT2D eigenvalue weighted by atomic mass is 35.5. The van der Waals surface area contributed by atoms with E-state index >= 15 is 0 Å². The van der Waals surface area contributed by atoms with Crippen LogP contribution in [0.15, 0.2) is 0 Å². The third-order valence-corrected chi connectivity index (χ3v) is 4.41. The molecular formula is C18H40ClNO3. The van der Waals surface area contributed by atoms with Gasteiger partial charge in [0.15, 0.2) is 0 Å². The van der Waals surface area contributed by atoms with E-state index in [2.05, 4.69) is 14.0 Å². The molecular weight excluding hydrogens is 314 g/mol. The van der Waals surface area contributed by atoms with Crippen LogP contribution < -0.4 is 12.4 Å². The second-order valence-corrected chi connectivity index (χ2v) is 6.68. The summed E-state index contributed by atoms with van der Waals surface area (Å²) in [5, 5.41) is 18.2. The molecule has 0 radical (unpaired) electrons. The third-order valence-electron chi connectivity index (χ3n) is 4.41. The normalized spacial score (nSPS) is 11.5. The molecule has 0 aromatic carbocycles. The monoisotopic (exact) mass is 353 g/mol. The van der Waals surface area contributed by atoms with Crippen LogP contribution >= 0.6 is 0 Å². The van der Waals surface area contributed by atoms with Gasteiger partial charge in [0, 0.05) is 13.0 Å². The maximum absolute atomic E-state index is 9.09. The van der Waals surface area contributed by atoms with E-state index < -0.39 is 0 Å². The van der Waals surface area contributed by atoms with E-state index in [4.69, 9.17) is 14.9 Å². The van der Waals surface area contributed by atoms with E-state index in [1.165, 1.54) is 51.4 Å². The van der Waals surface area contributed by atoms with Crippen LogP contribution in [0.5, 0.6) is 0 Å². The molecule has 0 heterocycles. The molecule has 0 rings (SSSR count). The van der Waals surface area contributed by atoms with Gasteiger partial charge in [-0.25, -0.2) is 0 Å². The highest BCUT2D eigenvalue weighted by Gasteiger charge is 2.19. The number of hydrogen-bond donors (Lipinski definition) is 2. The Hall–Kier alpha value is 0.130. The van der Waals surface area contributed by atoms with Gasteiger partial charge < -0.3 is 31.8 Å². The first kappa shape index (κ1) is 25.4. The van der Waals surface area contributed by atoms with E-state index in [1.807, 2.05) is 0 Å². The maximum Gasteiger partial charge on any atom is 0.102 e. The van der Waals surface area contributed by atoms with Gasteiger partial charge in [-0.1, -0.05) is 51.9 Å². The van der Waals surface area contributed by atoms with Gasteiger partial charge >= 0.3 is 0 Å². The van der Waals surface area contributed by atoms with E-state index in [1.54, 1.807) is 0 Å². The molecule has 5 heteroatoms. The Morgan fingerprint density at radius 3 is 1.70 bits per heavy atom. The number of aliphatic hydroxyl groups excluding tert-OH is 2. The molecule has 0 saturated heterocycles. The summed E-state index contributed by atoms with van der Waals surface area (Å²) in [5.41, 5.74) is 0. The van der Waals surface area contributed by atoms with Crippen molar-refractivity contribution in [2.45, 2.75) is 64.7 Å². The quantitative estimate of drug-likeness (QED) is 0.285. The smallest absolute Gasteiger partial charge is 0.102 e. The predicted molar refractivity (Wildman–Crippen MR) is 93.0 cm³/mol. The van der Waals surface area contributed by atoms with Gasteiger partial charge in [0.25, 0.3) is 0 Å². The van der Waals surface area contributed by atoms with E-state index in [-0.39, 0.29) is 25.6 Å². The molecule has 0 amide bonds. The van der Waals surface area contributed by atoms with Gasteiger partial charge in [-0.15, -0.1) is 0 Å². The van der Waals surface area contributed by atoms with Crippen LogP contribution in [-0.2, 0) is 4.74 Å². The number of unbranched alkanes of at least 4 members (excludes halogenated alkanes) is 7. The van der Waals surface area contributed by atoms with Crippen LogP contribution in [-0.4, -0.2) is 67.8 Å². The molecule has 0 spiro atoms. The Morgan fingerprint density at radius 2 is 1.17 bits per heavy atom. The summed E-state index contributed by atoms with van der Waals surface area (Å²) in [6.45, 7) is 6.65. The Balaban J connectivity index is 0. The van der Waals surface area contributed by atoms with Gasteiger partial charge in [0.1, 0.15) is 13.1 Å². The lowest BCUT2D eigenvalue weighted by atomic mass is 10.1. The van der Waals surface area contributed by atoms with Crippen molar-refractivity contribution >= 4 is 0 Å². The number of rotatable bonds is 17. The molecule has 0 aromatic heterocycles. The summed E-state index contributed by atoms with van der Waals surface area (Å²) in [6.07, 6.45) is 11.7. The zero-order chi connectivity index (χ0) is 16.5. The third kappa shape index (κ3) is 16.8. The first-order chi connectivity index (χ1) is 10.7. The largest absolute Gasteiger partial charge is 1.00 e. The fourth-order valence-corrected chi connectivity index (χ4v) is 2.81. The van der Waals surface area contributed by atoms with Crippen LogP contribution in [0.3, 0.4) is 0 Å². The summed E-state index contributed by atoms with van der Waals surface area (Å²) in [7, 11) is 2.09. The number of likely N-dealkylation sites (N-methyl/N-ethyl adjacent to an activating group) is 1. The summed E-state index contributed by atoms with van der Waals surface area (Å²) >= 11 is 0. The number of nitrogens with zero attached hydrogens (tertiary/aromatic N) is 1. The fraction of sp³-hybridized carbons (Fsp3) is 1.00. The average Bonchev–Trinajstić information content (AvgIpc) is 2.49. The Morgan fingerprint density at radius 1 is 0.696 bits per heavy atom. The maximum atomic E-state index is 9.09. The van der Waals surface area contributed by atoms with Crippen molar-refractivity contribution in [2.24, 2.45) is 0 Å². The molecule has 0 bridgehead atoms. The Kier molecular flexibility index (Phi) is 20.4. The molecule has 142 valence electrons. The minimum absolute atomic E-state index is 0. The first-order valence-electron chi connectivity index (χ1n) is 9.31. The van der Waals surface area contributed by atoms with Crippen molar-refractivity contribution in [3.8, 4) is 0 Å². The second kappa shape index (κ2) is 18.5. The minimum Gasteiger partial charge on any atom is -1.00 e. The van der Waals surface area contributed by atoms with Crippen LogP contribution in [0.25, 0.3) is 0 Å². The zero-order valence-electron chi connectivity index (χ0n) is 15.4. The summed E-state index contributed by atoms with van der Waals surface area (Å²) in [5.74, 6) is 0. The van der Waals surface area contributed by atoms with Crippen LogP contribution in [0.4, 0.5) is 0 Å². The summed E-state index contributed by atoms with van der Waals surface area (Å²) in [4.78, 5) is 0. The minimum atomic E-state index is 0. The number of ether oxygens (including phenoxy) is 1. The van der Waals surface area contributed by atoms with E-state index in [0.717, 1.165) is 30.7 Å². The van der Waals surface area contributed by atoms with Crippen molar-refractivity contribution in [1.29, 1.82) is 0 Å². The summed E-state index contributed by atoms with van der Waals surface area (Å²) < 4.78 is 6.43. The van der Waals surface area contributed by atoms with Crippen molar-refractivity contribution in [3.05, 3.63) is 0 Å².